The molecule has 1 fully saturated rings. The van der Waals surface area contributed by atoms with Gasteiger partial charge in [0, 0.05) is 6.54 Å². The minimum atomic E-state index is -0.155. The van der Waals surface area contributed by atoms with E-state index in [1.807, 2.05) is 30.3 Å². The number of nitrogens with zero attached hydrogens (tertiary/aromatic N) is 4. The minimum Gasteiger partial charge on any atom is -0.335 e. The van der Waals surface area contributed by atoms with Crippen molar-refractivity contribution in [3.05, 3.63) is 82.3 Å². The van der Waals surface area contributed by atoms with Crippen molar-refractivity contribution >= 4 is 17.0 Å². The van der Waals surface area contributed by atoms with E-state index in [1.165, 1.54) is 11.1 Å². The number of aromatic amines is 1. The van der Waals surface area contributed by atoms with E-state index in [1.54, 1.807) is 10.9 Å². The summed E-state index contributed by atoms with van der Waals surface area (Å²) in [4.78, 5) is 22.8. The Balaban J connectivity index is 1.63. The molecule has 140 valence electrons. The molecule has 2 aromatic heterocycles. The SMILES string of the molecule is Cc1ccccc1C1CCCN1c1nc2c(cnn2-c2ccccc2)c(=O)[nH]1. The zero-order valence-electron chi connectivity index (χ0n) is 15.7. The number of hydrogen-bond acceptors (Lipinski definition) is 4. The van der Waals surface area contributed by atoms with E-state index in [4.69, 9.17) is 4.98 Å². The number of hydrogen-bond donors (Lipinski definition) is 1. The predicted molar refractivity (Wildman–Crippen MR) is 110 cm³/mol. The number of rotatable bonds is 3. The van der Waals surface area contributed by atoms with Gasteiger partial charge in [0.05, 0.1) is 17.9 Å². The largest absolute Gasteiger partial charge is 0.335 e. The first-order valence-corrected chi connectivity index (χ1v) is 9.58. The van der Waals surface area contributed by atoms with Gasteiger partial charge in [0.2, 0.25) is 5.95 Å². The van der Waals surface area contributed by atoms with E-state index < -0.39 is 0 Å². The molecular weight excluding hydrogens is 350 g/mol. The number of benzene rings is 2. The lowest BCUT2D eigenvalue weighted by molar-refractivity contribution is 0.697. The summed E-state index contributed by atoms with van der Waals surface area (Å²) in [6.45, 7) is 3.00. The third-order valence-electron chi connectivity index (χ3n) is 5.50. The van der Waals surface area contributed by atoms with E-state index >= 15 is 0 Å². The number of nitrogens with one attached hydrogen (secondary N) is 1. The summed E-state index contributed by atoms with van der Waals surface area (Å²) in [6.07, 6.45) is 3.70. The van der Waals surface area contributed by atoms with Gasteiger partial charge in [-0.2, -0.15) is 10.1 Å². The fourth-order valence-corrected chi connectivity index (χ4v) is 4.11. The molecule has 1 atom stereocenters. The van der Waals surface area contributed by atoms with Crippen molar-refractivity contribution in [3.8, 4) is 5.69 Å². The lowest BCUT2D eigenvalue weighted by Gasteiger charge is -2.26. The van der Waals surface area contributed by atoms with Crippen LogP contribution in [0.1, 0.15) is 30.0 Å². The van der Waals surface area contributed by atoms with E-state index in [-0.39, 0.29) is 11.6 Å². The Kier molecular flexibility index (Phi) is 3.97. The Bertz CT molecular complexity index is 1190. The Morgan fingerprint density at radius 3 is 2.68 bits per heavy atom. The number of fused-ring (bicyclic) bond motifs is 1. The van der Waals surface area contributed by atoms with Gasteiger partial charge in [-0.25, -0.2) is 4.68 Å². The zero-order valence-corrected chi connectivity index (χ0v) is 15.7. The van der Waals surface area contributed by atoms with Crippen molar-refractivity contribution in [1.29, 1.82) is 0 Å². The Morgan fingerprint density at radius 2 is 1.86 bits per heavy atom. The first-order chi connectivity index (χ1) is 13.7. The van der Waals surface area contributed by atoms with Gasteiger partial charge in [-0.05, 0) is 43.0 Å². The summed E-state index contributed by atoms with van der Waals surface area (Å²) in [7, 11) is 0. The van der Waals surface area contributed by atoms with Crippen LogP contribution in [0.2, 0.25) is 0 Å². The van der Waals surface area contributed by atoms with Crippen LogP contribution in [0.25, 0.3) is 16.7 Å². The van der Waals surface area contributed by atoms with Gasteiger partial charge in [-0.15, -0.1) is 0 Å². The molecule has 4 aromatic rings. The molecular formula is C22H21N5O. The van der Waals surface area contributed by atoms with Crippen molar-refractivity contribution < 1.29 is 0 Å². The van der Waals surface area contributed by atoms with Gasteiger partial charge < -0.3 is 4.90 Å². The highest BCUT2D eigenvalue weighted by molar-refractivity contribution is 5.76. The highest BCUT2D eigenvalue weighted by atomic mass is 16.1. The first-order valence-electron chi connectivity index (χ1n) is 9.58. The second-order valence-electron chi connectivity index (χ2n) is 7.23. The maximum atomic E-state index is 12.7. The van der Waals surface area contributed by atoms with Crippen LogP contribution in [0.5, 0.6) is 0 Å². The van der Waals surface area contributed by atoms with Crippen LogP contribution >= 0.6 is 0 Å². The average Bonchev–Trinajstić information content (AvgIpc) is 3.36. The van der Waals surface area contributed by atoms with Crippen molar-refractivity contribution in [2.24, 2.45) is 0 Å². The van der Waals surface area contributed by atoms with Crippen molar-refractivity contribution in [1.82, 2.24) is 19.7 Å². The molecule has 0 bridgehead atoms. The monoisotopic (exact) mass is 371 g/mol. The highest BCUT2D eigenvalue weighted by Crippen LogP contribution is 2.35. The summed E-state index contributed by atoms with van der Waals surface area (Å²) in [5, 5.41) is 4.90. The molecule has 1 aliphatic rings. The van der Waals surface area contributed by atoms with Gasteiger partial charge >= 0.3 is 0 Å². The molecule has 28 heavy (non-hydrogen) atoms. The Labute approximate surface area is 162 Å². The number of aryl methyl sites for hydroxylation is 1. The summed E-state index contributed by atoms with van der Waals surface area (Å²) >= 11 is 0. The smallest absolute Gasteiger partial charge is 0.263 e. The van der Waals surface area contributed by atoms with Crippen LogP contribution < -0.4 is 10.5 Å². The normalized spacial score (nSPS) is 16.8. The molecule has 6 heteroatoms. The molecule has 0 aliphatic carbocycles. The number of aromatic nitrogens is 4. The molecule has 0 radical (unpaired) electrons. The van der Waals surface area contributed by atoms with Crippen LogP contribution in [-0.2, 0) is 0 Å². The molecule has 1 aliphatic heterocycles. The molecule has 6 nitrogen and oxygen atoms in total. The second kappa shape index (κ2) is 6.64. The first kappa shape index (κ1) is 16.7. The molecule has 3 heterocycles. The van der Waals surface area contributed by atoms with Crippen molar-refractivity contribution in [2.45, 2.75) is 25.8 Å². The molecule has 0 saturated carbocycles. The third kappa shape index (κ3) is 2.69. The second-order valence-corrected chi connectivity index (χ2v) is 7.23. The van der Waals surface area contributed by atoms with Crippen LogP contribution in [0.15, 0.2) is 65.6 Å². The molecule has 1 saturated heterocycles. The lowest BCUT2D eigenvalue weighted by atomic mass is 9.99. The van der Waals surface area contributed by atoms with E-state index in [9.17, 15) is 4.79 Å². The lowest BCUT2D eigenvalue weighted by Crippen LogP contribution is -2.27. The van der Waals surface area contributed by atoms with Gasteiger partial charge in [0.15, 0.2) is 5.65 Å². The summed E-state index contributed by atoms with van der Waals surface area (Å²) in [5.74, 6) is 0.612. The van der Waals surface area contributed by atoms with Gasteiger partial charge in [-0.3, -0.25) is 9.78 Å². The van der Waals surface area contributed by atoms with E-state index in [0.717, 1.165) is 25.1 Å². The Morgan fingerprint density at radius 1 is 1.07 bits per heavy atom. The van der Waals surface area contributed by atoms with Crippen molar-refractivity contribution in [3.63, 3.8) is 0 Å². The van der Waals surface area contributed by atoms with Gasteiger partial charge in [-0.1, -0.05) is 42.5 Å². The third-order valence-corrected chi connectivity index (χ3v) is 5.50. The predicted octanol–water partition coefficient (Wildman–Crippen LogP) is 3.76. The number of H-pyrrole nitrogens is 1. The van der Waals surface area contributed by atoms with Crippen LogP contribution in [0, 0.1) is 6.92 Å². The highest BCUT2D eigenvalue weighted by Gasteiger charge is 2.29. The maximum Gasteiger partial charge on any atom is 0.263 e. The standard InChI is InChI=1S/C22H21N5O/c1-15-8-5-6-11-17(15)19-12-7-13-26(19)22-24-20-18(21(28)25-22)14-23-27(20)16-9-3-2-4-10-16/h2-6,8-11,14,19H,7,12-13H2,1H3,(H,24,25,28). The molecule has 1 unspecified atom stereocenters. The van der Waals surface area contributed by atoms with Crippen molar-refractivity contribution in [2.75, 3.05) is 11.4 Å². The molecule has 5 rings (SSSR count). The zero-order chi connectivity index (χ0) is 19.1. The van der Waals surface area contributed by atoms with E-state index in [2.05, 4.69) is 46.2 Å². The maximum absolute atomic E-state index is 12.7. The molecule has 2 aromatic carbocycles. The number of para-hydroxylation sites is 1. The topological polar surface area (TPSA) is 66.8 Å². The van der Waals surface area contributed by atoms with Crippen LogP contribution in [0.4, 0.5) is 5.95 Å². The fraction of sp³-hybridized carbons (Fsp3) is 0.227. The molecule has 0 amide bonds. The molecule has 0 spiro atoms. The fourth-order valence-electron chi connectivity index (χ4n) is 4.11. The van der Waals surface area contributed by atoms with Gasteiger partial charge in [0.1, 0.15) is 5.39 Å². The summed E-state index contributed by atoms with van der Waals surface area (Å²) < 4.78 is 1.73. The average molecular weight is 371 g/mol. The summed E-state index contributed by atoms with van der Waals surface area (Å²) in [5.41, 5.74) is 3.87. The Hall–Kier alpha value is -3.41. The van der Waals surface area contributed by atoms with Crippen LogP contribution in [-0.4, -0.2) is 26.3 Å². The van der Waals surface area contributed by atoms with Crippen LogP contribution in [0.3, 0.4) is 0 Å². The summed E-state index contributed by atoms with van der Waals surface area (Å²) in [6, 6.07) is 18.4. The minimum absolute atomic E-state index is 0.155. The quantitative estimate of drug-likeness (QED) is 0.595. The van der Waals surface area contributed by atoms with Gasteiger partial charge in [0.25, 0.3) is 5.56 Å². The number of anilines is 1. The van der Waals surface area contributed by atoms with E-state index in [0.29, 0.717) is 17.0 Å². The molecule has 1 N–H and O–H groups in total.